The van der Waals surface area contributed by atoms with Crippen LogP contribution < -0.4 is 0 Å². The first-order chi connectivity index (χ1) is 45.7. The van der Waals surface area contributed by atoms with Crippen LogP contribution in [0.5, 0.6) is 0 Å². The van der Waals surface area contributed by atoms with Crippen LogP contribution in [0.25, 0.3) is 154 Å². The Morgan fingerprint density at radius 2 is 0.720 bits per heavy atom. The summed E-state index contributed by atoms with van der Waals surface area (Å²) in [6.45, 7) is 9.77. The van der Waals surface area contributed by atoms with Gasteiger partial charge in [-0.2, -0.15) is 0 Å². The summed E-state index contributed by atoms with van der Waals surface area (Å²) in [4.78, 5) is 10.6. The van der Waals surface area contributed by atoms with E-state index in [0.29, 0.717) is 0 Å². The zero-order chi connectivity index (χ0) is 61.8. The van der Waals surface area contributed by atoms with Gasteiger partial charge in [0, 0.05) is 34.2 Å². The summed E-state index contributed by atoms with van der Waals surface area (Å²) < 4.78 is 4.75. The van der Waals surface area contributed by atoms with Crippen molar-refractivity contribution in [2.45, 2.75) is 57.8 Å². The number of para-hydroxylation sites is 4. The van der Waals surface area contributed by atoms with Crippen LogP contribution in [-0.2, 0) is 23.7 Å². The van der Waals surface area contributed by atoms with E-state index in [1.807, 2.05) is 0 Å². The van der Waals surface area contributed by atoms with Gasteiger partial charge in [0.25, 0.3) is 0 Å². The maximum absolute atomic E-state index is 5.43. The van der Waals surface area contributed by atoms with Crippen molar-refractivity contribution in [1.29, 1.82) is 0 Å². The van der Waals surface area contributed by atoms with E-state index >= 15 is 0 Å². The van der Waals surface area contributed by atoms with Crippen molar-refractivity contribution in [2.24, 2.45) is 0 Å². The molecule has 0 amide bonds. The summed E-state index contributed by atoms with van der Waals surface area (Å²) in [5.41, 5.74) is 24.2. The lowest BCUT2D eigenvalue weighted by Crippen LogP contribution is -2.16. The number of hydrogen-bond acceptors (Lipinski definition) is 2. The molecule has 0 unspecified atom stereocenters. The molecule has 2 aliphatic carbocycles. The first kappa shape index (κ1) is 53.6. The number of imidazole rings is 2. The molecule has 0 spiro atoms. The van der Waals surface area contributed by atoms with Crippen molar-refractivity contribution in [3.8, 4) is 67.3 Å². The molecule has 2 aliphatic rings. The summed E-state index contributed by atoms with van der Waals surface area (Å²) in [6.07, 6.45) is 2.69. The molecule has 0 atom stereocenters. The molecule has 0 fully saturated rings. The van der Waals surface area contributed by atoms with Gasteiger partial charge in [0.2, 0.25) is 0 Å². The van der Waals surface area contributed by atoms with Crippen LogP contribution >= 0.6 is 0 Å². The van der Waals surface area contributed by atoms with E-state index in [0.717, 1.165) is 69.9 Å². The van der Waals surface area contributed by atoms with E-state index in [-0.39, 0.29) is 10.8 Å². The lowest BCUT2D eigenvalue weighted by atomic mass is 9.78. The molecule has 93 heavy (non-hydrogen) atoms. The topological polar surface area (TPSA) is 35.6 Å². The summed E-state index contributed by atoms with van der Waals surface area (Å²) in [7, 11) is 0. The van der Waals surface area contributed by atoms with E-state index in [9.17, 15) is 0 Å². The predicted octanol–water partition coefficient (Wildman–Crippen LogP) is 23.1. The van der Waals surface area contributed by atoms with Crippen molar-refractivity contribution < 1.29 is 0 Å². The minimum atomic E-state index is -0.288. The Kier molecular flexibility index (Phi) is 11.6. The average Bonchev–Trinajstić information content (AvgIpc) is 1.55. The second kappa shape index (κ2) is 20.1. The van der Waals surface area contributed by atoms with Gasteiger partial charge < -0.3 is 0 Å². The van der Waals surface area contributed by atoms with Crippen molar-refractivity contribution in [3.05, 3.63) is 313 Å². The van der Waals surface area contributed by atoms with Crippen LogP contribution in [0.2, 0.25) is 0 Å². The predicted molar refractivity (Wildman–Crippen MR) is 391 cm³/mol. The molecule has 19 rings (SSSR count). The highest BCUT2D eigenvalue weighted by molar-refractivity contribution is 6.24. The number of aryl methyl sites for hydroxylation is 2. The third-order valence-electron chi connectivity index (χ3n) is 21.1. The zero-order valence-corrected chi connectivity index (χ0v) is 52.5. The van der Waals surface area contributed by atoms with Crippen LogP contribution in [0.4, 0.5) is 0 Å². The van der Waals surface area contributed by atoms with E-state index < -0.39 is 0 Å². The maximum atomic E-state index is 5.43. The molecule has 0 saturated carbocycles. The quantitative estimate of drug-likeness (QED) is 0.135. The lowest BCUT2D eigenvalue weighted by molar-refractivity contribution is 0.667. The highest BCUT2D eigenvalue weighted by atomic mass is 15.1. The van der Waals surface area contributed by atoms with E-state index in [2.05, 4.69) is 316 Å². The summed E-state index contributed by atoms with van der Waals surface area (Å²) in [5, 5.41) is 15.7. The summed E-state index contributed by atoms with van der Waals surface area (Å²) >= 11 is 0. The van der Waals surface area contributed by atoms with Crippen molar-refractivity contribution in [2.75, 3.05) is 0 Å². The van der Waals surface area contributed by atoms with Gasteiger partial charge in [-0.1, -0.05) is 246 Å². The third-order valence-corrected chi connectivity index (χ3v) is 21.1. The molecule has 4 nitrogen and oxygen atoms in total. The maximum Gasteiger partial charge on any atom is 0.145 e. The first-order valence-corrected chi connectivity index (χ1v) is 32.9. The van der Waals surface area contributed by atoms with Gasteiger partial charge in [-0.25, -0.2) is 9.97 Å². The molecule has 2 heterocycles. The Hall–Kier alpha value is -11.2. The number of hydrogen-bond donors (Lipinski definition) is 0. The Balaban J connectivity index is 0.682. The number of benzene rings is 15. The lowest BCUT2D eigenvalue weighted by Gasteiger charge is -2.25. The Morgan fingerprint density at radius 1 is 0.301 bits per heavy atom. The fraction of sp³-hybridized carbons (Fsp3) is 0.101. The summed E-state index contributed by atoms with van der Waals surface area (Å²) in [5.74, 6) is 2.01. The zero-order valence-electron chi connectivity index (χ0n) is 52.5. The smallest absolute Gasteiger partial charge is 0.145 e. The van der Waals surface area contributed by atoms with Crippen LogP contribution in [0, 0.1) is 0 Å². The van der Waals surface area contributed by atoms with Gasteiger partial charge in [-0.05, 0) is 210 Å². The molecule has 17 aromatic rings. The Bertz CT molecular complexity index is 6030. The van der Waals surface area contributed by atoms with Crippen LogP contribution in [-0.4, -0.2) is 19.1 Å². The second-order valence-corrected chi connectivity index (χ2v) is 27.0. The standard InChI is InChI=1S/C89H64N4/c1-88(2)74-52-71(62-34-9-13-37-65(62)81(74)83-67-39-15-8-32-60(67)61-33-11-16-40-69(61)85(83)88)56-28-23-30-58(50-56)92-78-44-20-18-42-76(78)90-80(92)46-22-25-54-47-48-68-73(49-54)64-36-12-17-41-70(64)86-84(68)82-66-38-14-10-35-63(66)72(53-75(82)89(86,3)4)57-29-24-31-59(51-57)93-79-45-21-19-43-77(79)91-87(93)55-26-6-5-7-27-55/h5-21,23-24,26-45,47-53H,22,25,46H2,1-4H3. The van der Waals surface area contributed by atoms with Gasteiger partial charge >= 0.3 is 0 Å². The molecule has 2 aromatic heterocycles. The molecule has 0 bridgehead atoms. The molecular formula is C89H64N4. The van der Waals surface area contributed by atoms with Crippen LogP contribution in [0.1, 0.15) is 67.8 Å². The molecule has 440 valence electrons. The molecule has 0 N–H and O–H groups in total. The molecule has 4 heteroatoms. The fourth-order valence-corrected chi connectivity index (χ4v) is 17.0. The minimum absolute atomic E-state index is 0.235. The van der Waals surface area contributed by atoms with E-state index in [1.54, 1.807) is 0 Å². The number of rotatable bonds is 9. The van der Waals surface area contributed by atoms with E-state index in [1.165, 1.54) is 137 Å². The largest absolute Gasteiger partial charge is 0.296 e. The van der Waals surface area contributed by atoms with Gasteiger partial charge in [-0.15, -0.1) is 0 Å². The first-order valence-electron chi connectivity index (χ1n) is 32.9. The highest BCUT2D eigenvalue weighted by Gasteiger charge is 2.42. The fourth-order valence-electron chi connectivity index (χ4n) is 17.0. The van der Waals surface area contributed by atoms with Crippen LogP contribution in [0.3, 0.4) is 0 Å². The normalized spacial score (nSPS) is 13.7. The van der Waals surface area contributed by atoms with Crippen molar-refractivity contribution >= 4 is 86.7 Å². The second-order valence-electron chi connectivity index (χ2n) is 27.0. The third kappa shape index (κ3) is 7.85. The van der Waals surface area contributed by atoms with E-state index in [4.69, 9.17) is 9.97 Å². The number of nitrogens with zero attached hydrogens (tertiary/aromatic N) is 4. The Labute approximate surface area is 540 Å². The number of aromatic nitrogens is 4. The minimum Gasteiger partial charge on any atom is -0.296 e. The van der Waals surface area contributed by atoms with Gasteiger partial charge in [0.1, 0.15) is 11.6 Å². The summed E-state index contributed by atoms with van der Waals surface area (Å²) in [6, 6.07) is 104. The SMILES string of the molecule is CC1(C)c2cc(-c3cccc(-n4c(CCCc5ccc6c7c(c8ccccc8c6c5)C(C)(C)c5cc(-c6cccc(-n8c(-c9ccccc9)nc9ccccc98)c6)c6ccccc6c5-7)nc5ccccc54)c3)c3ccccc3c2-c2c1c1ccccc1c1ccccc21. The molecule has 15 aromatic carbocycles. The molecular weight excluding hydrogens is 1130 g/mol. The number of fused-ring (bicyclic) bond motifs is 22. The van der Waals surface area contributed by atoms with Gasteiger partial charge in [-0.3, -0.25) is 9.13 Å². The average molecular weight is 1190 g/mol. The van der Waals surface area contributed by atoms with Crippen molar-refractivity contribution in [3.63, 3.8) is 0 Å². The van der Waals surface area contributed by atoms with Gasteiger partial charge in [0.05, 0.1) is 22.1 Å². The Morgan fingerprint density at radius 3 is 1.29 bits per heavy atom. The molecule has 0 saturated heterocycles. The molecule has 0 aliphatic heterocycles. The van der Waals surface area contributed by atoms with Crippen LogP contribution in [0.15, 0.2) is 279 Å². The molecule has 0 radical (unpaired) electrons. The van der Waals surface area contributed by atoms with Gasteiger partial charge in [0.15, 0.2) is 0 Å². The highest BCUT2D eigenvalue weighted by Crippen LogP contribution is 2.60. The monoisotopic (exact) mass is 1190 g/mol. The van der Waals surface area contributed by atoms with Crippen molar-refractivity contribution in [1.82, 2.24) is 19.1 Å².